The Morgan fingerprint density at radius 2 is 1.79 bits per heavy atom. The van der Waals surface area contributed by atoms with Gasteiger partial charge in [0.05, 0.1) is 19.5 Å². The maximum atomic E-state index is 13.2. The zero-order valence-corrected chi connectivity index (χ0v) is 16.4. The number of morpholine rings is 1. The van der Waals surface area contributed by atoms with Crippen molar-refractivity contribution in [2.75, 3.05) is 39.4 Å². The van der Waals surface area contributed by atoms with Crippen LogP contribution >= 0.6 is 0 Å². The van der Waals surface area contributed by atoms with Crippen molar-refractivity contribution >= 4 is 17.5 Å². The lowest BCUT2D eigenvalue weighted by Gasteiger charge is -2.30. The SMILES string of the molecule is Cc1ccc(C(=O)C2C(=O)C(=O)N(CCN3CCOCC3)C2c2ccco2)cc1. The van der Waals surface area contributed by atoms with Crippen LogP contribution in [0.4, 0.5) is 0 Å². The number of ether oxygens (including phenoxy) is 1. The molecule has 0 aliphatic carbocycles. The number of nitrogens with zero attached hydrogens (tertiary/aromatic N) is 2. The zero-order valence-electron chi connectivity index (χ0n) is 16.4. The molecule has 0 radical (unpaired) electrons. The van der Waals surface area contributed by atoms with E-state index in [2.05, 4.69) is 4.90 Å². The van der Waals surface area contributed by atoms with Gasteiger partial charge in [-0.15, -0.1) is 0 Å². The molecule has 2 aliphatic rings. The summed E-state index contributed by atoms with van der Waals surface area (Å²) in [7, 11) is 0. The molecule has 0 spiro atoms. The zero-order chi connectivity index (χ0) is 20.4. The van der Waals surface area contributed by atoms with Crippen LogP contribution in [-0.2, 0) is 14.3 Å². The number of carbonyl (C=O) groups is 3. The third-order valence-corrected chi connectivity index (χ3v) is 5.62. The van der Waals surface area contributed by atoms with Gasteiger partial charge in [-0.25, -0.2) is 0 Å². The Hall–Kier alpha value is -2.77. The van der Waals surface area contributed by atoms with Crippen LogP contribution in [-0.4, -0.2) is 66.7 Å². The molecule has 2 atom stereocenters. The first-order valence-electron chi connectivity index (χ1n) is 9.85. The second-order valence-corrected chi connectivity index (χ2v) is 7.49. The van der Waals surface area contributed by atoms with E-state index in [-0.39, 0.29) is 5.78 Å². The first-order chi connectivity index (χ1) is 14.1. The molecule has 152 valence electrons. The van der Waals surface area contributed by atoms with Crippen LogP contribution in [0.15, 0.2) is 47.1 Å². The molecule has 2 aromatic rings. The standard InChI is InChI=1S/C22H24N2O5/c1-15-4-6-16(7-5-15)20(25)18-19(17-3-2-12-29-17)24(22(27)21(18)26)9-8-23-10-13-28-14-11-23/h2-7,12,18-19H,8-11,13-14H2,1H3. The number of likely N-dealkylation sites (tertiary alicyclic amines) is 1. The summed E-state index contributed by atoms with van der Waals surface area (Å²) in [5.74, 6) is -2.28. The smallest absolute Gasteiger partial charge is 0.291 e. The summed E-state index contributed by atoms with van der Waals surface area (Å²) in [4.78, 5) is 42.6. The summed E-state index contributed by atoms with van der Waals surface area (Å²) in [5, 5.41) is 0. The van der Waals surface area contributed by atoms with Crippen LogP contribution < -0.4 is 0 Å². The topological polar surface area (TPSA) is 80.1 Å². The summed E-state index contributed by atoms with van der Waals surface area (Å²) in [6, 6.07) is 9.75. The summed E-state index contributed by atoms with van der Waals surface area (Å²) < 4.78 is 10.9. The lowest BCUT2D eigenvalue weighted by molar-refractivity contribution is -0.141. The molecule has 7 nitrogen and oxygen atoms in total. The van der Waals surface area contributed by atoms with Crippen molar-refractivity contribution in [2.24, 2.45) is 5.92 Å². The van der Waals surface area contributed by atoms with E-state index in [9.17, 15) is 14.4 Å². The van der Waals surface area contributed by atoms with Crippen LogP contribution in [0.25, 0.3) is 0 Å². The van der Waals surface area contributed by atoms with Gasteiger partial charge >= 0.3 is 0 Å². The molecular formula is C22H24N2O5. The van der Waals surface area contributed by atoms with E-state index in [1.165, 1.54) is 11.2 Å². The van der Waals surface area contributed by atoms with Gasteiger partial charge < -0.3 is 14.1 Å². The van der Waals surface area contributed by atoms with Gasteiger partial charge in [0, 0.05) is 31.7 Å². The van der Waals surface area contributed by atoms with Crippen molar-refractivity contribution in [2.45, 2.75) is 13.0 Å². The third-order valence-electron chi connectivity index (χ3n) is 5.62. The van der Waals surface area contributed by atoms with E-state index in [1.54, 1.807) is 24.3 Å². The Labute approximate surface area is 169 Å². The monoisotopic (exact) mass is 396 g/mol. The van der Waals surface area contributed by atoms with Crippen molar-refractivity contribution < 1.29 is 23.5 Å². The maximum Gasteiger partial charge on any atom is 0.291 e. The summed E-state index contributed by atoms with van der Waals surface area (Å²) in [6.07, 6.45) is 1.50. The minimum absolute atomic E-state index is 0.348. The van der Waals surface area contributed by atoms with Gasteiger partial charge in [-0.05, 0) is 19.1 Å². The maximum absolute atomic E-state index is 13.2. The molecule has 1 aromatic carbocycles. The molecule has 1 amide bonds. The van der Waals surface area contributed by atoms with Crippen LogP contribution in [0, 0.1) is 12.8 Å². The van der Waals surface area contributed by atoms with Gasteiger partial charge in [0.2, 0.25) is 5.78 Å². The van der Waals surface area contributed by atoms with E-state index in [0.717, 1.165) is 18.7 Å². The number of carbonyl (C=O) groups excluding carboxylic acids is 3. The number of furan rings is 1. The summed E-state index contributed by atoms with van der Waals surface area (Å²) in [6.45, 7) is 5.78. The molecule has 3 heterocycles. The number of benzene rings is 1. The van der Waals surface area contributed by atoms with Gasteiger partial charge in [-0.2, -0.15) is 0 Å². The molecule has 0 saturated carbocycles. The first-order valence-corrected chi connectivity index (χ1v) is 9.85. The number of Topliss-reactive ketones (excluding diaryl/α,β-unsaturated/α-hetero) is 2. The number of hydrogen-bond acceptors (Lipinski definition) is 6. The van der Waals surface area contributed by atoms with Crippen molar-refractivity contribution in [1.29, 1.82) is 0 Å². The fourth-order valence-electron chi connectivity index (χ4n) is 3.98. The van der Waals surface area contributed by atoms with E-state index in [0.29, 0.717) is 37.6 Å². The molecule has 7 heteroatoms. The van der Waals surface area contributed by atoms with Crippen LogP contribution in [0.2, 0.25) is 0 Å². The number of aryl methyl sites for hydroxylation is 1. The number of ketones is 2. The normalized spacial score (nSPS) is 23.0. The van der Waals surface area contributed by atoms with Gasteiger partial charge in [0.25, 0.3) is 5.91 Å². The largest absolute Gasteiger partial charge is 0.467 e. The van der Waals surface area contributed by atoms with Crippen LogP contribution in [0.3, 0.4) is 0 Å². The molecule has 2 unspecified atom stereocenters. The quantitative estimate of drug-likeness (QED) is 0.421. The molecule has 29 heavy (non-hydrogen) atoms. The Morgan fingerprint density at radius 3 is 2.45 bits per heavy atom. The molecular weight excluding hydrogens is 372 g/mol. The van der Waals surface area contributed by atoms with Crippen molar-refractivity contribution in [1.82, 2.24) is 9.80 Å². The lowest BCUT2D eigenvalue weighted by atomic mass is 9.88. The Balaban J connectivity index is 1.61. The van der Waals surface area contributed by atoms with Crippen LogP contribution in [0.5, 0.6) is 0 Å². The predicted octanol–water partition coefficient (Wildman–Crippen LogP) is 1.87. The van der Waals surface area contributed by atoms with Crippen LogP contribution in [0.1, 0.15) is 27.7 Å². The highest BCUT2D eigenvalue weighted by atomic mass is 16.5. The summed E-state index contributed by atoms with van der Waals surface area (Å²) >= 11 is 0. The lowest BCUT2D eigenvalue weighted by Crippen LogP contribution is -2.42. The Kier molecular flexibility index (Phi) is 5.60. The fourth-order valence-corrected chi connectivity index (χ4v) is 3.98. The van der Waals surface area contributed by atoms with E-state index >= 15 is 0 Å². The Bertz CT molecular complexity index is 884. The highest BCUT2D eigenvalue weighted by molar-refractivity contribution is 6.44. The third kappa shape index (κ3) is 3.88. The highest BCUT2D eigenvalue weighted by Crippen LogP contribution is 2.38. The predicted molar refractivity (Wildman–Crippen MR) is 104 cm³/mol. The molecule has 4 rings (SSSR count). The van der Waals surface area contributed by atoms with Crippen molar-refractivity contribution in [3.8, 4) is 0 Å². The van der Waals surface area contributed by atoms with Gasteiger partial charge in [-0.1, -0.05) is 29.8 Å². The molecule has 2 saturated heterocycles. The first kappa shape index (κ1) is 19.5. The van der Waals surface area contributed by atoms with E-state index in [1.807, 2.05) is 19.1 Å². The Morgan fingerprint density at radius 1 is 1.07 bits per heavy atom. The van der Waals surface area contributed by atoms with E-state index < -0.39 is 23.7 Å². The molecule has 2 fully saturated rings. The molecule has 0 bridgehead atoms. The number of rotatable bonds is 6. The molecule has 1 aromatic heterocycles. The van der Waals surface area contributed by atoms with Crippen molar-refractivity contribution in [3.05, 3.63) is 59.5 Å². The van der Waals surface area contributed by atoms with Gasteiger partial charge in [-0.3, -0.25) is 19.3 Å². The number of hydrogen-bond donors (Lipinski definition) is 0. The van der Waals surface area contributed by atoms with Gasteiger partial charge in [0.15, 0.2) is 5.78 Å². The fraction of sp³-hybridized carbons (Fsp3) is 0.409. The second-order valence-electron chi connectivity index (χ2n) is 7.49. The minimum atomic E-state index is -1.10. The highest BCUT2D eigenvalue weighted by Gasteiger charge is 2.52. The van der Waals surface area contributed by atoms with Gasteiger partial charge in [0.1, 0.15) is 17.7 Å². The minimum Gasteiger partial charge on any atom is -0.467 e. The molecule has 2 aliphatic heterocycles. The van der Waals surface area contributed by atoms with E-state index in [4.69, 9.17) is 9.15 Å². The summed E-state index contributed by atoms with van der Waals surface area (Å²) in [5.41, 5.74) is 1.44. The molecule has 0 N–H and O–H groups in total. The number of amides is 1. The average molecular weight is 396 g/mol. The van der Waals surface area contributed by atoms with Crippen molar-refractivity contribution in [3.63, 3.8) is 0 Å². The average Bonchev–Trinajstić information content (AvgIpc) is 3.35. The second kappa shape index (κ2) is 8.31.